The van der Waals surface area contributed by atoms with Crippen LogP contribution in [0.1, 0.15) is 76.0 Å². The Hall–Kier alpha value is -6.59. The minimum Gasteiger partial charge on any atom is -0.494 e. The Bertz CT molecular complexity index is 2430. The molecule has 64 heavy (non-hydrogen) atoms. The molecule has 2 fully saturated rings. The van der Waals surface area contributed by atoms with Crippen LogP contribution in [0.5, 0.6) is 5.75 Å². The second kappa shape index (κ2) is 19.4. The molecule has 2 aliphatic heterocycles. The molecule has 2 aromatic carbocycles. The molecule has 5 N–H and O–H groups in total. The topological polar surface area (TPSA) is 209 Å². The van der Waals surface area contributed by atoms with Crippen molar-refractivity contribution in [2.75, 3.05) is 37.0 Å². The normalized spacial score (nSPS) is 19.8. The third kappa shape index (κ3) is 10.4. The predicted octanol–water partition coefficient (Wildman–Crippen LogP) is 4.88. The van der Waals surface area contributed by atoms with Gasteiger partial charge >= 0.3 is 0 Å². The summed E-state index contributed by atoms with van der Waals surface area (Å²) < 4.78 is 13.6. The number of hydrogen-bond acceptors (Lipinski definition) is 11. The highest BCUT2D eigenvalue weighted by atomic mass is 16.5. The quantitative estimate of drug-likeness (QED) is 0.102. The summed E-state index contributed by atoms with van der Waals surface area (Å²) in [6.45, 7) is 9.88. The van der Waals surface area contributed by atoms with Crippen LogP contribution in [0.4, 0.5) is 11.4 Å². The van der Waals surface area contributed by atoms with E-state index in [1.807, 2.05) is 77.2 Å². The number of aliphatic hydroxyl groups is 1. The third-order valence-electron chi connectivity index (χ3n) is 12.0. The molecule has 5 aromatic rings. The van der Waals surface area contributed by atoms with Crippen LogP contribution in [-0.2, 0) is 26.2 Å². The molecule has 17 nitrogen and oxygen atoms in total. The average Bonchev–Trinajstić information content (AvgIpc) is 4.07. The summed E-state index contributed by atoms with van der Waals surface area (Å²) in [5.74, 6) is -1.15. The molecule has 2 aliphatic rings. The maximum atomic E-state index is 14.2. The Labute approximate surface area is 372 Å². The van der Waals surface area contributed by atoms with Crippen molar-refractivity contribution in [1.29, 1.82) is 0 Å². The van der Waals surface area contributed by atoms with Crippen molar-refractivity contribution in [3.05, 3.63) is 96.4 Å². The summed E-state index contributed by atoms with van der Waals surface area (Å²) in [5.41, 5.74) is 5.09. The summed E-state index contributed by atoms with van der Waals surface area (Å²) in [5, 5.41) is 30.6. The van der Waals surface area contributed by atoms with Gasteiger partial charge in [0.1, 0.15) is 30.1 Å². The standard InChI is InChI=1S/C47H58N10O7/c1-28-23-34(19-22-56(28)32-15-16-37(41(24-32)63-7)52-44(60)38-10-8-9-35(51-38)36-17-20-48-54-36)64-27-42(59)53-43(47(3,4)5)46(62)57-26-33(58)25-40(57)45(61)50-29(2)30-11-13-31(14-12-30)39-18-21-49-55(39)6/h8-18,20-21,24,28-29,33-34,40,43,58H,19,22-23,25-27H2,1-7H3,(H,48,54)(H,50,61)(H,52,60)(H,53,59)/t28-,29-,33-,34-,40-,43+/m0/s1. The monoisotopic (exact) mass is 874 g/mol. The average molecular weight is 875 g/mol. The zero-order valence-corrected chi connectivity index (χ0v) is 37.4. The van der Waals surface area contributed by atoms with Crippen LogP contribution in [0.15, 0.2) is 85.2 Å². The fourth-order valence-electron chi connectivity index (χ4n) is 8.43. The molecule has 338 valence electrons. The van der Waals surface area contributed by atoms with Gasteiger partial charge in [-0.15, -0.1) is 0 Å². The van der Waals surface area contributed by atoms with Gasteiger partial charge in [-0.05, 0) is 79.6 Å². The number of methoxy groups -OCH3 is 1. The summed E-state index contributed by atoms with van der Waals surface area (Å²) in [4.78, 5) is 62.7. The van der Waals surface area contributed by atoms with E-state index in [0.29, 0.717) is 42.2 Å². The number of aromatic amines is 1. The highest BCUT2D eigenvalue weighted by molar-refractivity contribution is 6.04. The number of nitrogens with zero attached hydrogens (tertiary/aromatic N) is 6. The molecule has 0 aliphatic carbocycles. The van der Waals surface area contributed by atoms with Gasteiger partial charge in [-0.25, -0.2) is 4.98 Å². The van der Waals surface area contributed by atoms with Gasteiger partial charge in [0.2, 0.25) is 17.7 Å². The van der Waals surface area contributed by atoms with Gasteiger partial charge < -0.3 is 40.3 Å². The number of aliphatic hydroxyl groups excluding tert-OH is 1. The maximum Gasteiger partial charge on any atom is 0.274 e. The van der Waals surface area contributed by atoms with E-state index < -0.39 is 35.4 Å². The fraction of sp³-hybridized carbons (Fsp3) is 0.426. The summed E-state index contributed by atoms with van der Waals surface area (Å²) in [6.07, 6.45) is 3.64. The molecule has 3 aromatic heterocycles. The van der Waals surface area contributed by atoms with Gasteiger partial charge in [0.15, 0.2) is 0 Å². The largest absolute Gasteiger partial charge is 0.494 e. The number of aromatic nitrogens is 5. The van der Waals surface area contributed by atoms with E-state index in [-0.39, 0.29) is 55.3 Å². The van der Waals surface area contributed by atoms with E-state index >= 15 is 0 Å². The molecule has 0 unspecified atom stereocenters. The molecular weight excluding hydrogens is 817 g/mol. The number of β-amino-alcohol motifs (C(OH)–C–C–N with tert-alkyl or cyclic N) is 1. The number of rotatable bonds is 14. The van der Waals surface area contributed by atoms with Crippen molar-refractivity contribution in [3.8, 4) is 28.4 Å². The van der Waals surface area contributed by atoms with E-state index in [4.69, 9.17) is 9.47 Å². The van der Waals surface area contributed by atoms with Crippen molar-refractivity contribution >= 4 is 35.0 Å². The van der Waals surface area contributed by atoms with Crippen molar-refractivity contribution in [1.82, 2.24) is 40.5 Å². The molecule has 0 saturated carbocycles. The number of nitrogens with one attached hydrogen (secondary N) is 4. The number of benzene rings is 2. The number of amides is 4. The van der Waals surface area contributed by atoms with Crippen LogP contribution in [0.3, 0.4) is 0 Å². The summed E-state index contributed by atoms with van der Waals surface area (Å²) in [7, 11) is 3.43. The smallest absolute Gasteiger partial charge is 0.274 e. The first-order chi connectivity index (χ1) is 30.6. The number of carbonyl (C=O) groups is 4. The number of piperidine rings is 1. The van der Waals surface area contributed by atoms with Gasteiger partial charge in [-0.2, -0.15) is 10.2 Å². The number of aryl methyl sites for hydroxylation is 1. The van der Waals surface area contributed by atoms with Crippen LogP contribution >= 0.6 is 0 Å². The first-order valence-corrected chi connectivity index (χ1v) is 21.6. The minimum absolute atomic E-state index is 0.0252. The lowest BCUT2D eigenvalue weighted by Crippen LogP contribution is -2.58. The molecule has 17 heteroatoms. The van der Waals surface area contributed by atoms with Crippen LogP contribution in [-0.4, -0.2) is 116 Å². The molecule has 6 atom stereocenters. The highest BCUT2D eigenvalue weighted by Crippen LogP contribution is 2.34. The first-order valence-electron chi connectivity index (χ1n) is 21.6. The summed E-state index contributed by atoms with van der Waals surface area (Å²) >= 11 is 0. The Morgan fingerprint density at radius 3 is 2.44 bits per heavy atom. The second-order valence-corrected chi connectivity index (χ2v) is 17.7. The molecule has 2 saturated heterocycles. The molecule has 0 bridgehead atoms. The zero-order chi connectivity index (χ0) is 45.7. The van der Waals surface area contributed by atoms with Crippen molar-refractivity contribution in [2.45, 2.75) is 90.3 Å². The van der Waals surface area contributed by atoms with Gasteiger partial charge in [-0.1, -0.05) is 51.1 Å². The second-order valence-electron chi connectivity index (χ2n) is 17.7. The zero-order valence-electron chi connectivity index (χ0n) is 37.4. The predicted molar refractivity (Wildman–Crippen MR) is 241 cm³/mol. The number of ether oxygens (including phenoxy) is 2. The van der Waals surface area contributed by atoms with Crippen LogP contribution in [0.25, 0.3) is 22.6 Å². The number of carbonyl (C=O) groups excluding carboxylic acids is 4. The SMILES string of the molecule is COc1cc(N2CC[C@H](OCC(=O)N[C@H](C(=O)N3C[C@@H](O)C[C@H]3C(=O)N[C@@H](C)c3ccc(-c4ccnn4C)cc3)C(C)(C)C)C[C@@H]2C)ccc1NC(=O)c1cccc(-c2ccn[nH]2)n1. The lowest BCUT2D eigenvalue weighted by molar-refractivity contribution is -0.145. The fourth-order valence-corrected chi connectivity index (χ4v) is 8.43. The van der Waals surface area contributed by atoms with Crippen LogP contribution in [0.2, 0.25) is 0 Å². The maximum absolute atomic E-state index is 14.2. The number of likely N-dealkylation sites (tertiary alicyclic amines) is 1. The van der Waals surface area contributed by atoms with E-state index in [0.717, 1.165) is 22.5 Å². The van der Waals surface area contributed by atoms with Gasteiger partial charge in [0, 0.05) is 56.7 Å². The van der Waals surface area contributed by atoms with E-state index in [9.17, 15) is 24.3 Å². The highest BCUT2D eigenvalue weighted by Gasteiger charge is 2.45. The van der Waals surface area contributed by atoms with E-state index in [2.05, 4.69) is 48.1 Å². The van der Waals surface area contributed by atoms with Crippen molar-refractivity contribution in [3.63, 3.8) is 0 Å². The minimum atomic E-state index is -0.979. The number of hydrogen-bond donors (Lipinski definition) is 5. The Balaban J connectivity index is 0.913. The van der Waals surface area contributed by atoms with E-state index in [1.54, 1.807) is 54.5 Å². The third-order valence-corrected chi connectivity index (χ3v) is 12.0. The molecule has 7 rings (SSSR count). The molecule has 5 heterocycles. The molecule has 0 spiro atoms. The van der Waals surface area contributed by atoms with Crippen LogP contribution < -0.4 is 25.6 Å². The Morgan fingerprint density at radius 1 is 0.984 bits per heavy atom. The van der Waals surface area contributed by atoms with E-state index in [1.165, 1.54) is 4.90 Å². The van der Waals surface area contributed by atoms with Gasteiger partial charge in [0.25, 0.3) is 5.91 Å². The molecular formula is C47H58N10O7. The molecule has 4 amide bonds. The Morgan fingerprint density at radius 2 is 1.77 bits per heavy atom. The van der Waals surface area contributed by atoms with Gasteiger partial charge in [0.05, 0.1) is 48.1 Å². The summed E-state index contributed by atoms with van der Waals surface area (Å²) in [6, 6.07) is 20.2. The van der Waals surface area contributed by atoms with Crippen molar-refractivity contribution in [2.24, 2.45) is 12.5 Å². The van der Waals surface area contributed by atoms with Gasteiger partial charge in [-0.3, -0.25) is 29.0 Å². The lowest BCUT2D eigenvalue weighted by atomic mass is 9.85. The Kier molecular flexibility index (Phi) is 13.8. The molecule has 0 radical (unpaired) electrons. The number of H-pyrrole nitrogens is 1. The lowest BCUT2D eigenvalue weighted by Gasteiger charge is -2.39. The first kappa shape index (κ1) is 45.4. The van der Waals surface area contributed by atoms with Crippen molar-refractivity contribution < 1.29 is 33.8 Å². The number of pyridine rings is 1. The van der Waals surface area contributed by atoms with Crippen LogP contribution in [0, 0.1) is 5.41 Å². The number of anilines is 2.